The number of carbonyl (C=O) groups is 4. The van der Waals surface area contributed by atoms with Crippen LogP contribution < -0.4 is 10.0 Å². The summed E-state index contributed by atoms with van der Waals surface area (Å²) in [6, 6.07) is -0.0389. The number of cyclic esters (lactones) is 1. The predicted octanol–water partition coefficient (Wildman–Crippen LogP) is 4.95. The number of aliphatic hydroxyl groups excluding tert-OH is 2. The van der Waals surface area contributed by atoms with Crippen molar-refractivity contribution in [1.82, 2.24) is 25.1 Å². The molecule has 0 radical (unpaired) electrons. The minimum atomic E-state index is -4.59. The van der Waals surface area contributed by atoms with Crippen LogP contribution >= 0.6 is 0 Å². The molecule has 5 rings (SSSR count). The lowest BCUT2D eigenvalue weighted by molar-refractivity contribution is -0.392. The average Bonchev–Trinajstić information content (AvgIpc) is 1.12. The molecule has 22 atom stereocenters. The minimum Gasteiger partial charge on any atom is -0.461 e. The van der Waals surface area contributed by atoms with E-state index in [1.807, 2.05) is 39.8 Å². The summed E-state index contributed by atoms with van der Waals surface area (Å²) < 4.78 is 99.1. The molecular weight excluding hydrogens is 1150 g/mol. The Balaban J connectivity index is 1.69. The Labute approximate surface area is 506 Å². The Kier molecular flexibility index (Phi) is 25.7. The van der Waals surface area contributed by atoms with Gasteiger partial charge in [-0.15, -0.1) is 5.10 Å². The van der Waals surface area contributed by atoms with Crippen LogP contribution in [-0.2, 0) is 76.5 Å². The van der Waals surface area contributed by atoms with Gasteiger partial charge in [0.15, 0.2) is 35.1 Å². The number of aromatic nitrogens is 2. The van der Waals surface area contributed by atoms with Crippen molar-refractivity contribution >= 4 is 39.7 Å². The Morgan fingerprint density at radius 3 is 2.20 bits per heavy atom. The second kappa shape index (κ2) is 30.5. The molecule has 28 heteroatoms. The maximum atomic E-state index is 16.0. The van der Waals surface area contributed by atoms with Crippen molar-refractivity contribution in [1.29, 1.82) is 0 Å². The van der Waals surface area contributed by atoms with Crippen molar-refractivity contribution in [3.8, 4) is 0 Å². The van der Waals surface area contributed by atoms with Crippen LogP contribution in [0, 0.1) is 51.5 Å². The number of likely N-dealkylation sites (N-methyl/N-ethyl adjacent to an activating group) is 1. The molecule has 27 nitrogen and oxygen atoms in total. The zero-order valence-corrected chi connectivity index (χ0v) is 54.2. The molecule has 4 aliphatic heterocycles. The number of Topliss-reactive ketones (excluding diaryl/α,β-unsaturated/α-hetero) is 1. The van der Waals surface area contributed by atoms with Crippen LogP contribution in [0.2, 0.25) is 0 Å². The summed E-state index contributed by atoms with van der Waals surface area (Å²) in [5.41, 5.74) is -3.25. The van der Waals surface area contributed by atoms with E-state index in [1.165, 1.54) is 41.9 Å². The number of aliphatic hydroxyl groups is 2. The molecule has 5 heterocycles. The predicted molar refractivity (Wildman–Crippen MR) is 309 cm³/mol. The fourth-order valence-corrected chi connectivity index (χ4v) is 13.4. The Morgan fingerprint density at radius 2 is 1.58 bits per heavy atom. The normalized spacial score (nSPS) is 37.2. The Morgan fingerprint density at radius 1 is 0.930 bits per heavy atom. The van der Waals surface area contributed by atoms with Crippen LogP contribution in [0.5, 0.6) is 0 Å². The lowest BCUT2D eigenvalue weighted by Crippen LogP contribution is -2.59. The van der Waals surface area contributed by atoms with E-state index in [0.29, 0.717) is 25.0 Å². The van der Waals surface area contributed by atoms with E-state index in [2.05, 4.69) is 26.6 Å². The lowest BCUT2D eigenvalue weighted by Gasteiger charge is -2.45. The summed E-state index contributed by atoms with van der Waals surface area (Å²) in [5.74, 6) is -9.25. The standard InChI is InChI=1S/C58H98N6O21S/c1-28(2)20-41(65)81-47-36(10)46(31(5)26-77-55-50(76-19)49(75-18)44(67)39(13)80-55)83-53(69)38(12)48(82-42-22-32(6)63(17)25-34(8)78-42)35(9)45(84-54-43(66)29(3)21-33(7)79-54)30(4)23-58(16,51(68)37(47)11)85-56(70)61-57(14,15)27-60-86(73,74)40-24-59-62-52(40)64(71)72/h24,28,30-39,42-50,54-55,60,66-67H,3,20-23,25-27H2,1-2,4-19H3,(H,59,62)(H,61,70)/t30-,31-,32?,33+,34-,35+,36-,37+,38+,39+,42-,43+,44+,45-,46+,47+,48-,49+,50+,54-,55+,58-/m0/s1. The minimum absolute atomic E-state index is 0.0389. The molecule has 0 saturated carbocycles. The summed E-state index contributed by atoms with van der Waals surface area (Å²) in [5, 5.41) is 42.4. The maximum Gasteiger partial charge on any atom is 0.408 e. The van der Waals surface area contributed by atoms with Crippen molar-refractivity contribution in [2.24, 2.45) is 41.4 Å². The summed E-state index contributed by atoms with van der Waals surface area (Å²) >= 11 is 0. The first-order valence-electron chi connectivity index (χ1n) is 29.8. The molecule has 0 aromatic carbocycles. The van der Waals surface area contributed by atoms with Gasteiger partial charge < -0.3 is 82.6 Å². The number of amides is 1. The second-order valence-corrected chi connectivity index (χ2v) is 27.5. The van der Waals surface area contributed by atoms with Gasteiger partial charge in [0, 0.05) is 63.9 Å². The van der Waals surface area contributed by atoms with Gasteiger partial charge in [-0.05, 0) is 97.6 Å². The monoisotopic (exact) mass is 1250 g/mol. The molecule has 4 saturated heterocycles. The van der Waals surface area contributed by atoms with Gasteiger partial charge in [0.1, 0.15) is 36.6 Å². The van der Waals surface area contributed by atoms with Gasteiger partial charge in [-0.2, -0.15) is 0 Å². The number of hydrogen-bond acceptors (Lipinski definition) is 23. The van der Waals surface area contributed by atoms with Gasteiger partial charge in [0.2, 0.25) is 0 Å². The van der Waals surface area contributed by atoms with Crippen molar-refractivity contribution in [2.75, 3.05) is 41.0 Å². The number of ether oxygens (including phenoxy) is 11. The summed E-state index contributed by atoms with van der Waals surface area (Å²) in [6.07, 6.45) is -13.9. The van der Waals surface area contributed by atoms with Crippen LogP contribution in [0.3, 0.4) is 0 Å². The summed E-state index contributed by atoms with van der Waals surface area (Å²) in [4.78, 5) is 72.2. The van der Waals surface area contributed by atoms with Crippen molar-refractivity contribution in [3.05, 3.63) is 28.5 Å². The van der Waals surface area contributed by atoms with Crippen LogP contribution in [0.4, 0.5) is 10.6 Å². The SMILES string of the molecule is C=C1C[C@@H](C)O[C@@H](O[C@@H]2[C@@H](C)[C@H](O[C@H]3CC(C)N(C)C[C@H](C)O3)[C@@H](C)C(=O)O[C@H]([C@@H](C)CO[C@@H]3O[C@H](C)[C@@H](O)[C@@H](OC)[C@H]3OC)[C@H](C)[C@@H](OC(=O)CC(C)C)[C@@H](C)C(=O)[C@@](C)(OC(=O)NC(C)(C)CNS(=O)(=O)c3cn[nH]c3[N+](=O)[O-])C[C@@H]2C)[C@@H]1O. The number of ketones is 1. The molecule has 0 spiro atoms. The number of aromatic amines is 1. The number of hydrogen-bond donors (Lipinski definition) is 5. The number of nitrogens with one attached hydrogen (secondary N) is 3. The number of nitro groups is 1. The zero-order chi connectivity index (χ0) is 64.7. The first-order valence-corrected chi connectivity index (χ1v) is 31.3. The molecule has 4 aliphatic rings. The molecule has 4 fully saturated rings. The largest absolute Gasteiger partial charge is 0.461 e. The third kappa shape index (κ3) is 18.2. The van der Waals surface area contributed by atoms with E-state index in [4.69, 9.17) is 52.1 Å². The average molecular weight is 1250 g/mol. The Hall–Kier alpha value is -4.30. The van der Waals surface area contributed by atoms with Gasteiger partial charge >= 0.3 is 23.8 Å². The number of rotatable bonds is 20. The van der Waals surface area contributed by atoms with E-state index in [-0.39, 0.29) is 37.5 Å². The topological polar surface area (TPSA) is 344 Å². The molecule has 1 aromatic rings. The Bertz CT molecular complexity index is 2570. The molecule has 0 aliphatic carbocycles. The second-order valence-electron chi connectivity index (χ2n) is 25.7. The molecule has 1 amide bonds. The van der Waals surface area contributed by atoms with E-state index >= 15 is 9.59 Å². The summed E-state index contributed by atoms with van der Waals surface area (Å²) in [7, 11) is 0.240. The maximum absolute atomic E-state index is 16.0. The van der Waals surface area contributed by atoms with Crippen molar-refractivity contribution in [3.63, 3.8) is 0 Å². The van der Waals surface area contributed by atoms with Crippen LogP contribution in [0.15, 0.2) is 23.2 Å². The number of carbonyl (C=O) groups excluding carboxylic acids is 4. The first-order chi connectivity index (χ1) is 40.0. The highest BCUT2D eigenvalue weighted by molar-refractivity contribution is 7.89. The van der Waals surface area contributed by atoms with Gasteiger partial charge in [-0.25, -0.2) is 17.9 Å². The summed E-state index contributed by atoms with van der Waals surface area (Å²) in [6.45, 7) is 29.4. The number of alkyl carbamates (subject to hydrolysis) is 1. The number of sulfonamides is 1. The van der Waals surface area contributed by atoms with Gasteiger partial charge in [0.05, 0.1) is 60.7 Å². The highest BCUT2D eigenvalue weighted by atomic mass is 32.2. The smallest absolute Gasteiger partial charge is 0.408 e. The van der Waals surface area contributed by atoms with Gasteiger partial charge in [-0.3, -0.25) is 14.4 Å². The van der Waals surface area contributed by atoms with E-state index in [0.717, 1.165) is 6.20 Å². The molecule has 1 aromatic heterocycles. The third-order valence-corrected chi connectivity index (χ3v) is 18.4. The number of nitrogens with zero attached hydrogens (tertiary/aromatic N) is 3. The van der Waals surface area contributed by atoms with Crippen LogP contribution in [0.1, 0.15) is 130 Å². The third-order valence-electron chi connectivity index (χ3n) is 17.0. The highest BCUT2D eigenvalue weighted by Crippen LogP contribution is 2.41. The van der Waals surface area contributed by atoms with Crippen LogP contribution in [0.25, 0.3) is 0 Å². The molecule has 1 unspecified atom stereocenters. The molecule has 86 heavy (non-hydrogen) atoms. The van der Waals surface area contributed by atoms with Crippen molar-refractivity contribution < 1.29 is 94.8 Å². The molecular formula is C58H98N6O21S. The number of H-pyrrole nitrogens is 1. The van der Waals surface area contributed by atoms with E-state index in [9.17, 15) is 38.3 Å². The van der Waals surface area contributed by atoms with Crippen LogP contribution in [-0.4, -0.2) is 207 Å². The first kappa shape index (κ1) is 72.4. The van der Waals surface area contributed by atoms with E-state index < -0.39 is 183 Å². The zero-order valence-electron chi connectivity index (χ0n) is 53.3. The fraction of sp³-hybridized carbons (Fsp3) is 0.845. The fourth-order valence-electron chi connectivity index (χ4n) is 12.2. The van der Waals surface area contributed by atoms with Crippen molar-refractivity contribution in [2.45, 2.75) is 238 Å². The number of methoxy groups -OCH3 is 2. The quantitative estimate of drug-likeness (QED) is 0.0379. The van der Waals surface area contributed by atoms with E-state index in [1.54, 1.807) is 48.5 Å². The molecule has 5 N–H and O–H groups in total. The lowest BCUT2D eigenvalue weighted by atomic mass is 9.74. The number of esters is 2. The highest BCUT2D eigenvalue weighted by Gasteiger charge is 2.53. The van der Waals surface area contributed by atoms with Gasteiger partial charge in [0.25, 0.3) is 10.0 Å². The molecule has 492 valence electrons. The van der Waals surface area contributed by atoms with Gasteiger partial charge in [-0.1, -0.05) is 60.1 Å². The molecule has 0 bridgehead atoms.